The number of carbonyl (C=O) groups is 2. The van der Waals surface area contributed by atoms with Crippen LogP contribution in [0.15, 0.2) is 72.8 Å². The van der Waals surface area contributed by atoms with E-state index in [1.165, 1.54) is 7.16 Å². The SMILES string of the molecule is O=C([O-])/C=C\C(=O)[O-].c1cc[c]([Sn+2][c]2ccccc2)cc1. The monoisotopic (exact) mass is 388 g/mol. The van der Waals surface area contributed by atoms with Gasteiger partial charge in [0.25, 0.3) is 0 Å². The number of carboxylic acid groups (broad SMARTS) is 2. The van der Waals surface area contributed by atoms with Gasteiger partial charge in [0.05, 0.1) is 11.9 Å². The van der Waals surface area contributed by atoms with E-state index in [0.717, 1.165) is 0 Å². The third-order valence-electron chi connectivity index (χ3n) is 2.19. The molecule has 21 heavy (non-hydrogen) atoms. The fraction of sp³-hybridized carbons (Fsp3) is 0. The standard InChI is InChI=1S/2C6H5.C4H4O4.Sn/c2*1-2-4-6-5-3-1;5-3(6)1-2-4(7)8;/h2*1-5H;1-2H,(H,5,6)(H,7,8);/q;;;+2/p-2/b;;2-1-;. The van der Waals surface area contributed by atoms with Crippen LogP contribution < -0.4 is 17.4 Å². The average molecular weight is 387 g/mol. The molecule has 0 spiro atoms. The third kappa shape index (κ3) is 8.64. The molecule has 0 atom stereocenters. The van der Waals surface area contributed by atoms with E-state index < -0.39 is 33.1 Å². The number of benzene rings is 2. The van der Waals surface area contributed by atoms with E-state index in [0.29, 0.717) is 12.2 Å². The van der Waals surface area contributed by atoms with Crippen LogP contribution in [0.4, 0.5) is 0 Å². The molecule has 0 aliphatic carbocycles. The molecule has 4 nitrogen and oxygen atoms in total. The molecular weight excluding hydrogens is 375 g/mol. The summed E-state index contributed by atoms with van der Waals surface area (Å²) in [7, 11) is 0. The predicted octanol–water partition coefficient (Wildman–Crippen LogP) is -1.62. The molecule has 0 aliphatic rings. The second kappa shape index (κ2) is 9.76. The molecular formula is C16H12O4Sn. The van der Waals surface area contributed by atoms with Crippen molar-refractivity contribution in [3.63, 3.8) is 0 Å². The summed E-state index contributed by atoms with van der Waals surface area (Å²) in [6.45, 7) is 0. The molecule has 0 aliphatic heterocycles. The van der Waals surface area contributed by atoms with Gasteiger partial charge in [-0.25, -0.2) is 0 Å². The quantitative estimate of drug-likeness (QED) is 0.467. The number of carboxylic acids is 2. The van der Waals surface area contributed by atoms with Gasteiger partial charge in [0.2, 0.25) is 0 Å². The van der Waals surface area contributed by atoms with Crippen LogP contribution in [-0.2, 0) is 9.59 Å². The first-order valence-electron chi connectivity index (χ1n) is 6.05. The van der Waals surface area contributed by atoms with E-state index in [9.17, 15) is 19.8 Å². The van der Waals surface area contributed by atoms with Crippen molar-refractivity contribution < 1.29 is 19.8 Å². The number of hydrogen-bond donors (Lipinski definition) is 0. The molecule has 0 saturated heterocycles. The summed E-state index contributed by atoms with van der Waals surface area (Å²) in [5.74, 6) is -3.09. The molecule has 5 heteroatoms. The Morgan fingerprint density at radius 2 is 1.05 bits per heavy atom. The summed E-state index contributed by atoms with van der Waals surface area (Å²) in [5, 5.41) is 18.8. The fourth-order valence-corrected chi connectivity index (χ4v) is 4.35. The molecule has 0 amide bonds. The van der Waals surface area contributed by atoms with Crippen LogP contribution in [0.2, 0.25) is 0 Å². The van der Waals surface area contributed by atoms with E-state index in [1.54, 1.807) is 0 Å². The summed E-state index contributed by atoms with van der Waals surface area (Å²) in [4.78, 5) is 18.8. The first-order valence-corrected chi connectivity index (χ1v) is 8.90. The van der Waals surface area contributed by atoms with Crippen molar-refractivity contribution in [3.8, 4) is 0 Å². The van der Waals surface area contributed by atoms with Crippen LogP contribution in [0.3, 0.4) is 0 Å². The Labute approximate surface area is 133 Å². The van der Waals surface area contributed by atoms with Gasteiger partial charge in [0.1, 0.15) is 0 Å². The summed E-state index contributed by atoms with van der Waals surface area (Å²) >= 11 is -0.517. The minimum absolute atomic E-state index is 0.384. The maximum absolute atomic E-state index is 9.41. The predicted molar refractivity (Wildman–Crippen MR) is 77.1 cm³/mol. The van der Waals surface area contributed by atoms with Gasteiger partial charge in [-0.15, -0.1) is 0 Å². The molecule has 0 N–H and O–H groups in total. The zero-order valence-electron chi connectivity index (χ0n) is 11.1. The summed E-state index contributed by atoms with van der Waals surface area (Å²) in [6.07, 6.45) is 0.769. The molecule has 0 saturated carbocycles. The molecule has 0 aromatic heterocycles. The van der Waals surface area contributed by atoms with Crippen LogP contribution in [0.5, 0.6) is 0 Å². The van der Waals surface area contributed by atoms with Crippen LogP contribution in [0, 0.1) is 0 Å². The van der Waals surface area contributed by atoms with Crippen molar-refractivity contribution in [2.24, 2.45) is 0 Å². The van der Waals surface area contributed by atoms with Gasteiger partial charge in [-0.05, 0) is 12.2 Å². The van der Waals surface area contributed by atoms with Gasteiger partial charge in [0, 0.05) is 0 Å². The Hall–Kier alpha value is -2.08. The molecule has 0 fully saturated rings. The van der Waals surface area contributed by atoms with Crippen LogP contribution >= 0.6 is 0 Å². The van der Waals surface area contributed by atoms with Crippen molar-refractivity contribution in [2.75, 3.05) is 0 Å². The molecule has 0 radical (unpaired) electrons. The van der Waals surface area contributed by atoms with Gasteiger partial charge in [-0.3, -0.25) is 0 Å². The van der Waals surface area contributed by atoms with E-state index in [2.05, 4.69) is 60.7 Å². The fourth-order valence-electron chi connectivity index (χ4n) is 1.35. The van der Waals surface area contributed by atoms with Crippen LogP contribution in [0.25, 0.3) is 0 Å². The Morgan fingerprint density at radius 1 is 0.714 bits per heavy atom. The van der Waals surface area contributed by atoms with Gasteiger partial charge >= 0.3 is 89.0 Å². The maximum atomic E-state index is 9.41. The number of aliphatic carboxylic acids is 2. The second-order valence-electron chi connectivity index (χ2n) is 3.83. The molecule has 2 rings (SSSR count). The normalized spacial score (nSPS) is 9.33. The number of rotatable bonds is 4. The summed E-state index contributed by atoms with van der Waals surface area (Å²) in [6, 6.07) is 21.6. The minimum atomic E-state index is -1.55. The molecule has 0 unspecified atom stereocenters. The van der Waals surface area contributed by atoms with Crippen molar-refractivity contribution in [2.45, 2.75) is 0 Å². The van der Waals surface area contributed by atoms with E-state index in [1.807, 2.05) is 0 Å². The first kappa shape index (κ1) is 17.0. The topological polar surface area (TPSA) is 80.3 Å². The zero-order valence-corrected chi connectivity index (χ0v) is 13.9. The van der Waals surface area contributed by atoms with Crippen molar-refractivity contribution >= 4 is 40.2 Å². The van der Waals surface area contributed by atoms with Crippen molar-refractivity contribution in [1.82, 2.24) is 0 Å². The van der Waals surface area contributed by atoms with E-state index in [-0.39, 0.29) is 0 Å². The van der Waals surface area contributed by atoms with E-state index >= 15 is 0 Å². The Kier molecular flexibility index (Phi) is 7.89. The van der Waals surface area contributed by atoms with Crippen LogP contribution in [-0.4, -0.2) is 33.1 Å². The molecule has 2 aromatic rings. The van der Waals surface area contributed by atoms with Gasteiger partial charge in [0.15, 0.2) is 0 Å². The zero-order chi connectivity index (χ0) is 15.5. The Morgan fingerprint density at radius 3 is 1.33 bits per heavy atom. The first-order chi connectivity index (χ1) is 10.1. The summed E-state index contributed by atoms with van der Waals surface area (Å²) < 4.78 is 3.08. The second-order valence-corrected chi connectivity index (χ2v) is 7.84. The Balaban J connectivity index is 0.000000240. The van der Waals surface area contributed by atoms with Gasteiger partial charge in [-0.1, -0.05) is 0 Å². The molecule has 0 bridgehead atoms. The van der Waals surface area contributed by atoms with Crippen molar-refractivity contribution in [1.29, 1.82) is 0 Å². The van der Waals surface area contributed by atoms with Gasteiger partial charge in [-0.2, -0.15) is 0 Å². The van der Waals surface area contributed by atoms with Gasteiger partial charge < -0.3 is 19.8 Å². The molecule has 104 valence electrons. The molecule has 2 aromatic carbocycles. The van der Waals surface area contributed by atoms with Crippen molar-refractivity contribution in [3.05, 3.63) is 72.8 Å². The number of carbonyl (C=O) groups excluding carboxylic acids is 2. The average Bonchev–Trinajstić information content (AvgIpc) is 2.48. The van der Waals surface area contributed by atoms with Crippen LogP contribution in [0.1, 0.15) is 0 Å². The number of hydrogen-bond acceptors (Lipinski definition) is 4. The Bertz CT molecular complexity index is 541. The molecule has 0 heterocycles. The summed E-state index contributed by atoms with van der Waals surface area (Å²) in [5.41, 5.74) is 0. The third-order valence-corrected chi connectivity index (χ3v) is 5.74. The van der Waals surface area contributed by atoms with E-state index in [4.69, 9.17) is 0 Å².